The topological polar surface area (TPSA) is 70.0 Å². The van der Waals surface area contributed by atoms with Crippen molar-refractivity contribution in [2.24, 2.45) is 11.2 Å². The summed E-state index contributed by atoms with van der Waals surface area (Å²) >= 11 is 0. The van der Waals surface area contributed by atoms with E-state index < -0.39 is 12.0 Å². The largest absolute Gasteiger partial charge is 0.480 e. The monoisotopic (exact) mass is 158 g/mol. The van der Waals surface area contributed by atoms with Crippen molar-refractivity contribution >= 4 is 5.97 Å². The van der Waals surface area contributed by atoms with Crippen LogP contribution in [0.4, 0.5) is 0 Å². The lowest BCUT2D eigenvalue weighted by atomic mass is 10.0. The smallest absolute Gasteiger partial charge is 0.328 e. The first kappa shape index (κ1) is 7.97. The molecular formula is C6H10N2O3. The van der Waals surface area contributed by atoms with Gasteiger partial charge in [-0.25, -0.2) is 9.80 Å². The van der Waals surface area contributed by atoms with Crippen molar-refractivity contribution in [3.63, 3.8) is 0 Å². The molecule has 1 aliphatic heterocycles. The zero-order valence-corrected chi connectivity index (χ0v) is 6.23. The van der Waals surface area contributed by atoms with Crippen molar-refractivity contribution in [1.82, 2.24) is 5.01 Å². The quantitative estimate of drug-likeness (QED) is 0.593. The number of nitrogens with zero attached hydrogens (tertiary/aromatic N) is 2. The number of carboxylic acids is 1. The van der Waals surface area contributed by atoms with E-state index in [9.17, 15) is 9.70 Å². The Balaban J connectivity index is 2.70. The summed E-state index contributed by atoms with van der Waals surface area (Å²) in [6.07, 6.45) is 0.725. The molecule has 1 fully saturated rings. The van der Waals surface area contributed by atoms with E-state index in [0.717, 1.165) is 11.4 Å². The van der Waals surface area contributed by atoms with Gasteiger partial charge in [0.2, 0.25) is 0 Å². The van der Waals surface area contributed by atoms with E-state index in [0.29, 0.717) is 6.54 Å². The molecule has 0 spiro atoms. The molecule has 1 rings (SSSR count). The summed E-state index contributed by atoms with van der Waals surface area (Å²) < 4.78 is 0. The number of rotatable bonds is 2. The van der Waals surface area contributed by atoms with Crippen molar-refractivity contribution < 1.29 is 9.90 Å². The average Bonchev–Trinajstić information content (AvgIpc) is 2.30. The Labute approximate surface area is 63.9 Å². The van der Waals surface area contributed by atoms with E-state index in [1.54, 1.807) is 0 Å². The molecule has 0 radical (unpaired) electrons. The van der Waals surface area contributed by atoms with Gasteiger partial charge in [0.1, 0.15) is 6.04 Å². The van der Waals surface area contributed by atoms with Gasteiger partial charge in [-0.3, -0.25) is 0 Å². The first-order valence-corrected chi connectivity index (χ1v) is 3.49. The lowest BCUT2D eigenvalue weighted by Gasteiger charge is -2.15. The van der Waals surface area contributed by atoms with Crippen LogP contribution in [-0.2, 0) is 4.79 Å². The Morgan fingerprint density at radius 1 is 1.73 bits per heavy atom. The SMILES string of the molecule is CC1CCN(N=O)[C@@H]1C(=O)O. The van der Waals surface area contributed by atoms with Crippen molar-refractivity contribution in [1.29, 1.82) is 0 Å². The lowest BCUT2D eigenvalue weighted by Crippen LogP contribution is -2.35. The fourth-order valence-electron chi connectivity index (χ4n) is 1.39. The van der Waals surface area contributed by atoms with Gasteiger partial charge in [0.25, 0.3) is 0 Å². The van der Waals surface area contributed by atoms with Gasteiger partial charge < -0.3 is 5.11 Å². The number of carbonyl (C=O) groups is 1. The minimum absolute atomic E-state index is 0.0187. The van der Waals surface area contributed by atoms with Gasteiger partial charge in [0.05, 0.1) is 5.29 Å². The molecule has 62 valence electrons. The van der Waals surface area contributed by atoms with E-state index in [1.165, 1.54) is 0 Å². The van der Waals surface area contributed by atoms with E-state index in [4.69, 9.17) is 5.11 Å². The summed E-state index contributed by atoms with van der Waals surface area (Å²) in [7, 11) is 0. The van der Waals surface area contributed by atoms with Gasteiger partial charge in [-0.15, -0.1) is 4.91 Å². The Morgan fingerprint density at radius 3 is 2.73 bits per heavy atom. The first-order valence-electron chi connectivity index (χ1n) is 3.49. The molecule has 0 aromatic rings. The fourth-order valence-corrected chi connectivity index (χ4v) is 1.39. The summed E-state index contributed by atoms with van der Waals surface area (Å²) in [6.45, 7) is 2.27. The molecule has 11 heavy (non-hydrogen) atoms. The number of aliphatic carboxylic acids is 1. The summed E-state index contributed by atoms with van der Waals surface area (Å²) in [4.78, 5) is 20.6. The van der Waals surface area contributed by atoms with Gasteiger partial charge in [-0.1, -0.05) is 6.92 Å². The lowest BCUT2D eigenvalue weighted by molar-refractivity contribution is -0.143. The highest BCUT2D eigenvalue weighted by Crippen LogP contribution is 2.23. The van der Waals surface area contributed by atoms with Crippen LogP contribution in [0.5, 0.6) is 0 Å². The normalized spacial score (nSPS) is 30.5. The molecule has 0 saturated carbocycles. The van der Waals surface area contributed by atoms with Gasteiger partial charge in [0, 0.05) is 6.54 Å². The van der Waals surface area contributed by atoms with Crippen LogP contribution in [0.2, 0.25) is 0 Å². The van der Waals surface area contributed by atoms with Crippen molar-refractivity contribution in [3.05, 3.63) is 4.91 Å². The number of carboxylic acid groups (broad SMARTS) is 1. The molecule has 0 amide bonds. The minimum Gasteiger partial charge on any atom is -0.480 e. The van der Waals surface area contributed by atoms with Crippen LogP contribution in [0.15, 0.2) is 5.29 Å². The molecule has 1 heterocycles. The molecule has 2 atom stereocenters. The molecule has 0 aromatic carbocycles. The average molecular weight is 158 g/mol. The number of nitroso groups, excluding NO2 is 1. The molecule has 0 aromatic heterocycles. The molecule has 1 saturated heterocycles. The molecule has 0 aliphatic carbocycles. The Hall–Kier alpha value is -1.13. The molecule has 1 unspecified atom stereocenters. The van der Waals surface area contributed by atoms with E-state index in [1.807, 2.05) is 6.92 Å². The van der Waals surface area contributed by atoms with Gasteiger partial charge in [0.15, 0.2) is 0 Å². The van der Waals surface area contributed by atoms with E-state index in [2.05, 4.69) is 5.29 Å². The van der Waals surface area contributed by atoms with Crippen LogP contribution in [0.1, 0.15) is 13.3 Å². The third-order valence-corrected chi connectivity index (χ3v) is 2.03. The van der Waals surface area contributed by atoms with Gasteiger partial charge in [-0.2, -0.15) is 0 Å². The summed E-state index contributed by atoms with van der Waals surface area (Å²) in [5, 5.41) is 12.4. The predicted octanol–water partition coefficient (Wildman–Crippen LogP) is 0.463. The molecule has 1 N–H and O–H groups in total. The number of hydrogen-bond donors (Lipinski definition) is 1. The fraction of sp³-hybridized carbons (Fsp3) is 0.833. The Bertz CT molecular complexity index is 183. The molecule has 1 aliphatic rings. The second-order valence-corrected chi connectivity index (χ2v) is 2.79. The van der Waals surface area contributed by atoms with Crippen LogP contribution in [0.3, 0.4) is 0 Å². The van der Waals surface area contributed by atoms with Crippen LogP contribution >= 0.6 is 0 Å². The Morgan fingerprint density at radius 2 is 2.36 bits per heavy atom. The van der Waals surface area contributed by atoms with Gasteiger partial charge in [-0.05, 0) is 12.3 Å². The van der Waals surface area contributed by atoms with Crippen LogP contribution in [-0.4, -0.2) is 28.7 Å². The van der Waals surface area contributed by atoms with Crippen LogP contribution < -0.4 is 0 Å². The first-order chi connectivity index (χ1) is 5.16. The van der Waals surface area contributed by atoms with Crippen molar-refractivity contribution in [2.45, 2.75) is 19.4 Å². The minimum atomic E-state index is -0.963. The molecule has 5 nitrogen and oxygen atoms in total. The maximum Gasteiger partial charge on any atom is 0.328 e. The Kier molecular flexibility index (Phi) is 2.07. The molecule has 0 bridgehead atoms. The van der Waals surface area contributed by atoms with Crippen molar-refractivity contribution in [2.75, 3.05) is 6.54 Å². The standard InChI is InChI=1S/C6H10N2O3/c1-4-2-3-8(7-11)5(4)6(9)10/h4-5H,2-3H2,1H3,(H,9,10)/t4?,5-/m0/s1. The predicted molar refractivity (Wildman–Crippen MR) is 37.7 cm³/mol. The number of hydrogen-bond acceptors (Lipinski definition) is 3. The summed E-state index contributed by atoms with van der Waals surface area (Å²) in [5.74, 6) is -0.945. The third-order valence-electron chi connectivity index (χ3n) is 2.03. The maximum atomic E-state index is 10.5. The van der Waals surface area contributed by atoms with Gasteiger partial charge >= 0.3 is 5.97 Å². The maximum absolute atomic E-state index is 10.5. The summed E-state index contributed by atoms with van der Waals surface area (Å²) in [6, 6.07) is -0.715. The third kappa shape index (κ3) is 1.31. The highest BCUT2D eigenvalue weighted by atomic mass is 16.4. The highest BCUT2D eigenvalue weighted by Gasteiger charge is 2.36. The van der Waals surface area contributed by atoms with E-state index >= 15 is 0 Å². The highest BCUT2D eigenvalue weighted by molar-refractivity contribution is 5.74. The zero-order chi connectivity index (χ0) is 8.43. The van der Waals surface area contributed by atoms with E-state index in [-0.39, 0.29) is 5.92 Å². The second-order valence-electron chi connectivity index (χ2n) is 2.79. The van der Waals surface area contributed by atoms with Crippen LogP contribution in [0.25, 0.3) is 0 Å². The second kappa shape index (κ2) is 2.86. The zero-order valence-electron chi connectivity index (χ0n) is 6.23. The van der Waals surface area contributed by atoms with Crippen LogP contribution in [0, 0.1) is 10.8 Å². The summed E-state index contributed by atoms with van der Waals surface area (Å²) in [5.41, 5.74) is 0. The van der Waals surface area contributed by atoms with Crippen molar-refractivity contribution in [3.8, 4) is 0 Å². The molecule has 5 heteroatoms. The molecular weight excluding hydrogens is 148 g/mol.